The van der Waals surface area contributed by atoms with Crippen LogP contribution in [-0.2, 0) is 34.0 Å². The second-order valence-corrected chi connectivity index (χ2v) is 6.03. The fourth-order valence-corrected chi connectivity index (χ4v) is 2.45. The quantitative estimate of drug-likeness (QED) is 0.438. The van der Waals surface area contributed by atoms with E-state index >= 15 is 0 Å². The maximum absolute atomic E-state index is 5.87. The summed E-state index contributed by atoms with van der Waals surface area (Å²) in [6, 6.07) is 29.8. The number of rotatable bonds is 10. The standard InChI is InChI=1S/C24H23O3/c1-20(25-17-21-11-5-2-6-12-21)24(26-18-22-13-7-3-8-14-22)27-19-23-15-9-4-10-16-23/h2-16H,1,17-19H2. The Kier molecular flexibility index (Phi) is 7.22. The molecule has 1 radical (unpaired) electrons. The van der Waals surface area contributed by atoms with E-state index in [1.54, 1.807) is 0 Å². The first-order valence-corrected chi connectivity index (χ1v) is 8.87. The van der Waals surface area contributed by atoms with Crippen molar-refractivity contribution in [1.29, 1.82) is 0 Å². The van der Waals surface area contributed by atoms with Crippen molar-refractivity contribution in [1.82, 2.24) is 0 Å². The summed E-state index contributed by atoms with van der Waals surface area (Å²) in [5.74, 6) is 0.380. The van der Waals surface area contributed by atoms with Gasteiger partial charge in [-0.15, -0.1) is 0 Å². The molecule has 3 aromatic rings. The highest BCUT2D eigenvalue weighted by molar-refractivity contribution is 5.17. The summed E-state index contributed by atoms with van der Waals surface area (Å²) < 4.78 is 17.5. The second kappa shape index (κ2) is 10.3. The Labute approximate surface area is 160 Å². The molecule has 3 rings (SSSR count). The topological polar surface area (TPSA) is 27.7 Å². The van der Waals surface area contributed by atoms with Crippen molar-refractivity contribution in [2.75, 3.05) is 0 Å². The molecule has 0 amide bonds. The van der Waals surface area contributed by atoms with Crippen LogP contribution in [0.25, 0.3) is 0 Å². The van der Waals surface area contributed by atoms with Gasteiger partial charge in [-0.3, -0.25) is 0 Å². The summed E-state index contributed by atoms with van der Waals surface area (Å²) in [5.41, 5.74) is 3.16. The fourth-order valence-electron chi connectivity index (χ4n) is 2.45. The molecule has 0 unspecified atom stereocenters. The third-order valence-corrected chi connectivity index (χ3v) is 3.91. The molecule has 0 fully saturated rings. The molecule has 27 heavy (non-hydrogen) atoms. The second-order valence-electron chi connectivity index (χ2n) is 6.03. The molecule has 3 aromatic carbocycles. The van der Waals surface area contributed by atoms with Gasteiger partial charge in [-0.2, -0.15) is 0 Å². The Hall–Kier alpha value is -2.88. The Balaban J connectivity index is 1.59. The van der Waals surface area contributed by atoms with E-state index in [1.165, 1.54) is 0 Å². The Bertz CT molecular complexity index is 757. The molecular formula is C24H23O3. The first kappa shape index (κ1) is 18.9. The van der Waals surface area contributed by atoms with Crippen molar-refractivity contribution in [3.63, 3.8) is 0 Å². The number of ether oxygens (including phenoxy) is 3. The lowest BCUT2D eigenvalue weighted by atomic mass is 10.2. The Morgan fingerprint density at radius 1 is 0.519 bits per heavy atom. The minimum Gasteiger partial charge on any atom is -0.488 e. The van der Waals surface area contributed by atoms with E-state index in [1.807, 2.05) is 91.0 Å². The van der Waals surface area contributed by atoms with Crippen molar-refractivity contribution >= 4 is 0 Å². The zero-order valence-corrected chi connectivity index (χ0v) is 15.2. The molecule has 0 heterocycles. The third-order valence-electron chi connectivity index (χ3n) is 3.91. The van der Waals surface area contributed by atoms with Crippen molar-refractivity contribution in [2.24, 2.45) is 0 Å². The molecule has 137 valence electrons. The highest BCUT2D eigenvalue weighted by Gasteiger charge is 2.19. The molecular weight excluding hydrogens is 336 g/mol. The number of hydrogen-bond donors (Lipinski definition) is 0. The van der Waals surface area contributed by atoms with Crippen molar-refractivity contribution in [3.05, 3.63) is 126 Å². The molecule has 0 N–H and O–H groups in total. The van der Waals surface area contributed by atoms with Gasteiger partial charge in [0.2, 0.25) is 0 Å². The van der Waals surface area contributed by atoms with Gasteiger partial charge < -0.3 is 14.2 Å². The molecule has 0 atom stereocenters. The van der Waals surface area contributed by atoms with E-state index in [0.717, 1.165) is 16.7 Å². The van der Waals surface area contributed by atoms with E-state index in [9.17, 15) is 0 Å². The van der Waals surface area contributed by atoms with Gasteiger partial charge in [0.15, 0.2) is 5.76 Å². The third kappa shape index (κ3) is 6.41. The van der Waals surface area contributed by atoms with Gasteiger partial charge in [0.05, 0.1) is 13.2 Å². The maximum atomic E-state index is 5.87. The summed E-state index contributed by atoms with van der Waals surface area (Å²) >= 11 is 0. The van der Waals surface area contributed by atoms with Crippen LogP contribution in [0.4, 0.5) is 0 Å². The minimum absolute atomic E-state index is 0.304. The van der Waals surface area contributed by atoms with Crippen LogP contribution in [0.5, 0.6) is 0 Å². The first-order chi connectivity index (χ1) is 13.3. The van der Waals surface area contributed by atoms with Crippen LogP contribution in [0, 0.1) is 6.29 Å². The van der Waals surface area contributed by atoms with Gasteiger partial charge in [-0.1, -0.05) is 97.6 Å². The average molecular weight is 359 g/mol. The zero-order valence-electron chi connectivity index (χ0n) is 15.2. The lowest BCUT2D eigenvalue weighted by Gasteiger charge is -2.19. The monoisotopic (exact) mass is 359 g/mol. The smallest absolute Gasteiger partial charge is 0.292 e. The van der Waals surface area contributed by atoms with Gasteiger partial charge in [-0.05, 0) is 16.7 Å². The van der Waals surface area contributed by atoms with Crippen LogP contribution >= 0.6 is 0 Å². The van der Waals surface area contributed by atoms with Gasteiger partial charge in [0.25, 0.3) is 6.29 Å². The predicted molar refractivity (Wildman–Crippen MR) is 106 cm³/mol. The maximum Gasteiger partial charge on any atom is 0.292 e. The van der Waals surface area contributed by atoms with E-state index in [0.29, 0.717) is 31.9 Å². The van der Waals surface area contributed by atoms with Crippen molar-refractivity contribution < 1.29 is 14.2 Å². The van der Waals surface area contributed by atoms with Crippen LogP contribution in [-0.4, -0.2) is 0 Å². The molecule has 0 aliphatic carbocycles. The molecule has 0 saturated heterocycles. The van der Waals surface area contributed by atoms with Crippen LogP contribution in [0.2, 0.25) is 0 Å². The molecule has 3 heteroatoms. The number of benzene rings is 3. The molecule has 0 aromatic heterocycles. The van der Waals surface area contributed by atoms with E-state index in [4.69, 9.17) is 14.2 Å². The largest absolute Gasteiger partial charge is 0.488 e. The van der Waals surface area contributed by atoms with E-state index in [-0.39, 0.29) is 0 Å². The highest BCUT2D eigenvalue weighted by atomic mass is 16.7. The van der Waals surface area contributed by atoms with Gasteiger partial charge >= 0.3 is 0 Å². The van der Waals surface area contributed by atoms with Crippen molar-refractivity contribution in [3.8, 4) is 0 Å². The summed E-state index contributed by atoms with van der Waals surface area (Å²) in [7, 11) is 0. The Morgan fingerprint density at radius 2 is 0.852 bits per heavy atom. The minimum atomic E-state index is 0.304. The molecule has 0 aliphatic rings. The Morgan fingerprint density at radius 3 is 1.22 bits per heavy atom. The summed E-state index contributed by atoms with van der Waals surface area (Å²) in [6.07, 6.45) is 0.304. The van der Waals surface area contributed by atoms with Gasteiger partial charge in [0, 0.05) is 0 Å². The summed E-state index contributed by atoms with van der Waals surface area (Å²) in [5, 5.41) is 0. The van der Waals surface area contributed by atoms with Crippen LogP contribution < -0.4 is 0 Å². The SMILES string of the molecule is C=C(OCc1ccccc1)[C](OCc1ccccc1)OCc1ccccc1. The van der Waals surface area contributed by atoms with Crippen LogP contribution in [0.1, 0.15) is 16.7 Å². The first-order valence-electron chi connectivity index (χ1n) is 8.87. The van der Waals surface area contributed by atoms with Crippen LogP contribution in [0.3, 0.4) is 0 Å². The summed E-state index contributed by atoms with van der Waals surface area (Å²) in [6.45, 7) is 5.17. The fraction of sp³-hybridized carbons (Fsp3) is 0.125. The zero-order chi connectivity index (χ0) is 18.7. The molecule has 0 bridgehead atoms. The molecule has 0 spiro atoms. The lowest BCUT2D eigenvalue weighted by molar-refractivity contribution is -0.0691. The van der Waals surface area contributed by atoms with Gasteiger partial charge in [0.1, 0.15) is 6.61 Å². The summed E-state index contributed by atoms with van der Waals surface area (Å²) in [4.78, 5) is 0. The molecule has 0 saturated carbocycles. The van der Waals surface area contributed by atoms with E-state index in [2.05, 4.69) is 6.58 Å². The normalized spacial score (nSPS) is 10.7. The molecule has 3 nitrogen and oxygen atoms in total. The van der Waals surface area contributed by atoms with Crippen molar-refractivity contribution in [2.45, 2.75) is 19.8 Å². The average Bonchev–Trinajstić information content (AvgIpc) is 2.74. The highest BCUT2D eigenvalue weighted by Crippen LogP contribution is 2.22. The number of hydrogen-bond acceptors (Lipinski definition) is 3. The predicted octanol–water partition coefficient (Wildman–Crippen LogP) is 5.64. The van der Waals surface area contributed by atoms with Crippen LogP contribution in [0.15, 0.2) is 103 Å². The van der Waals surface area contributed by atoms with Gasteiger partial charge in [-0.25, -0.2) is 0 Å². The van der Waals surface area contributed by atoms with E-state index < -0.39 is 0 Å². The lowest BCUT2D eigenvalue weighted by Crippen LogP contribution is -2.13. The molecule has 0 aliphatic heterocycles.